The topological polar surface area (TPSA) is 93.5 Å². The molecule has 0 unspecified atom stereocenters. The lowest BCUT2D eigenvalue weighted by Crippen LogP contribution is -2.68. The molecule has 3 aliphatic rings. The molecule has 9 heteroatoms. The van der Waals surface area contributed by atoms with E-state index in [9.17, 15) is 10.1 Å². The van der Waals surface area contributed by atoms with Crippen molar-refractivity contribution < 1.29 is 28.5 Å². The van der Waals surface area contributed by atoms with Crippen LogP contribution in [0, 0.1) is 11.3 Å². The second-order valence-electron chi connectivity index (χ2n) is 14.3. The summed E-state index contributed by atoms with van der Waals surface area (Å²) in [7, 11) is 5.41. The van der Waals surface area contributed by atoms with Crippen LogP contribution in [0.5, 0.6) is 23.0 Å². The first-order valence-electron chi connectivity index (χ1n) is 17.5. The number of hydrogen-bond acceptors (Lipinski definition) is 9. The van der Waals surface area contributed by atoms with E-state index >= 15 is 0 Å². The van der Waals surface area contributed by atoms with Crippen LogP contribution in [-0.2, 0) is 27.8 Å². The molecule has 3 heterocycles. The summed E-state index contributed by atoms with van der Waals surface area (Å²) in [4.78, 5) is 17.9. The van der Waals surface area contributed by atoms with Crippen LogP contribution >= 0.6 is 0 Å². The maximum atomic E-state index is 13.3. The van der Waals surface area contributed by atoms with Gasteiger partial charge in [-0.2, -0.15) is 5.26 Å². The van der Waals surface area contributed by atoms with E-state index < -0.39 is 12.0 Å². The van der Waals surface area contributed by atoms with Crippen molar-refractivity contribution in [2.45, 2.75) is 83.1 Å². The number of piperazine rings is 1. The van der Waals surface area contributed by atoms with E-state index in [1.807, 2.05) is 32.0 Å². The third kappa shape index (κ3) is 6.55. The lowest BCUT2D eigenvalue weighted by atomic mass is 9.72. The Balaban J connectivity index is 1.39. The zero-order valence-electron chi connectivity index (χ0n) is 30.5. The molecule has 0 spiro atoms. The summed E-state index contributed by atoms with van der Waals surface area (Å²) >= 11 is 0. The quantitative estimate of drug-likeness (QED) is 0.169. The van der Waals surface area contributed by atoms with Gasteiger partial charge in [-0.15, -0.1) is 0 Å². The molecule has 0 radical (unpaired) electrons. The first kappa shape index (κ1) is 35.3. The van der Waals surface area contributed by atoms with Gasteiger partial charge in [0.05, 0.1) is 45.6 Å². The van der Waals surface area contributed by atoms with E-state index in [1.54, 1.807) is 20.3 Å². The predicted molar refractivity (Wildman–Crippen MR) is 193 cm³/mol. The van der Waals surface area contributed by atoms with Gasteiger partial charge in [-0.05, 0) is 103 Å². The number of fused-ring (bicyclic) bond motifs is 7. The maximum absolute atomic E-state index is 13.3. The zero-order chi connectivity index (χ0) is 35.7. The average Bonchev–Trinajstić information content (AvgIpc) is 3.09. The standard InChI is InChI=1S/C41H49N3O6/c1-9-48-37-20-26-18-32-40-30-22-36(47-8)35(46-7)19-27(30)17-31(43(40)6)33(23-42)44(32)34(29(26)21-38(37)49-10-2)24-50-39(45)16-13-25-11-14-28(15-12-25)41(3,4)5/h11-16,19-22,31-34,40H,9-10,17-18,24H2,1-8H3/b16-13+/t31-,32-,33-,34-,40+/m0/s1. The van der Waals surface area contributed by atoms with Crippen LogP contribution in [0.1, 0.15) is 80.1 Å². The van der Waals surface area contributed by atoms with Gasteiger partial charge < -0.3 is 23.7 Å². The highest BCUT2D eigenvalue weighted by Gasteiger charge is 2.54. The van der Waals surface area contributed by atoms with Gasteiger partial charge in [0.1, 0.15) is 12.6 Å². The van der Waals surface area contributed by atoms with Crippen LogP contribution in [0.15, 0.2) is 54.6 Å². The molecular formula is C41H49N3O6. The van der Waals surface area contributed by atoms with Crippen molar-refractivity contribution in [1.82, 2.24) is 9.80 Å². The number of hydrogen-bond donors (Lipinski definition) is 0. The highest BCUT2D eigenvalue weighted by molar-refractivity contribution is 5.87. The Kier molecular flexibility index (Phi) is 10.2. The smallest absolute Gasteiger partial charge is 0.330 e. The number of ether oxygens (including phenoxy) is 5. The van der Waals surface area contributed by atoms with Crippen molar-refractivity contribution in [2.24, 2.45) is 0 Å². The van der Waals surface area contributed by atoms with Crippen LogP contribution in [0.2, 0.25) is 0 Å². The van der Waals surface area contributed by atoms with Crippen molar-refractivity contribution in [1.29, 1.82) is 5.26 Å². The minimum atomic E-state index is -0.460. The Bertz CT molecular complexity index is 1790. The van der Waals surface area contributed by atoms with Crippen molar-refractivity contribution >= 4 is 12.0 Å². The summed E-state index contributed by atoms with van der Waals surface area (Å²) < 4.78 is 29.6. The number of carbonyl (C=O) groups is 1. The van der Waals surface area contributed by atoms with Gasteiger partial charge in [0.2, 0.25) is 0 Å². The molecular weight excluding hydrogens is 630 g/mol. The molecule has 50 heavy (non-hydrogen) atoms. The van der Waals surface area contributed by atoms with Gasteiger partial charge in [0.15, 0.2) is 23.0 Å². The van der Waals surface area contributed by atoms with E-state index in [4.69, 9.17) is 23.7 Å². The first-order chi connectivity index (χ1) is 24.0. The fourth-order valence-electron chi connectivity index (χ4n) is 8.03. The van der Waals surface area contributed by atoms with Crippen molar-refractivity contribution in [3.8, 4) is 29.1 Å². The number of rotatable bonds is 10. The molecule has 0 saturated carbocycles. The van der Waals surface area contributed by atoms with Gasteiger partial charge in [0, 0.05) is 18.2 Å². The Morgan fingerprint density at radius 3 is 2.08 bits per heavy atom. The minimum Gasteiger partial charge on any atom is -0.493 e. The van der Waals surface area contributed by atoms with Gasteiger partial charge >= 0.3 is 5.97 Å². The molecule has 2 bridgehead atoms. The number of methoxy groups -OCH3 is 2. The summed E-state index contributed by atoms with van der Waals surface area (Å²) in [5, 5.41) is 10.8. The molecule has 3 aromatic carbocycles. The molecule has 1 fully saturated rings. The van der Waals surface area contributed by atoms with E-state index in [-0.39, 0.29) is 36.2 Å². The van der Waals surface area contributed by atoms with E-state index in [1.165, 1.54) is 11.6 Å². The molecule has 0 amide bonds. The molecule has 0 aliphatic carbocycles. The molecule has 6 rings (SSSR count). The highest BCUT2D eigenvalue weighted by Crippen LogP contribution is 2.52. The van der Waals surface area contributed by atoms with Crippen LogP contribution < -0.4 is 18.9 Å². The summed E-state index contributed by atoms with van der Waals surface area (Å²) in [6, 6.07) is 18.1. The van der Waals surface area contributed by atoms with Crippen LogP contribution in [0.3, 0.4) is 0 Å². The van der Waals surface area contributed by atoms with Crippen LogP contribution in [0.4, 0.5) is 0 Å². The van der Waals surface area contributed by atoms with E-state index in [2.05, 4.69) is 74.0 Å². The number of benzene rings is 3. The lowest BCUT2D eigenvalue weighted by Gasteiger charge is -2.59. The average molecular weight is 680 g/mol. The molecule has 3 aliphatic heterocycles. The largest absolute Gasteiger partial charge is 0.493 e. The molecule has 9 nitrogen and oxygen atoms in total. The van der Waals surface area contributed by atoms with Gasteiger partial charge in [-0.3, -0.25) is 9.80 Å². The Labute approximate surface area is 296 Å². The van der Waals surface area contributed by atoms with Crippen molar-refractivity contribution in [2.75, 3.05) is 41.1 Å². The number of nitrogens with zero attached hydrogens (tertiary/aromatic N) is 3. The Morgan fingerprint density at radius 2 is 1.46 bits per heavy atom. The number of nitriles is 1. The van der Waals surface area contributed by atoms with Gasteiger partial charge in [-0.1, -0.05) is 45.0 Å². The van der Waals surface area contributed by atoms with Crippen molar-refractivity contribution in [3.05, 3.63) is 88.0 Å². The van der Waals surface area contributed by atoms with E-state index in [0.717, 1.165) is 27.8 Å². The zero-order valence-corrected chi connectivity index (χ0v) is 30.5. The Morgan fingerprint density at radius 1 is 0.880 bits per heavy atom. The molecule has 3 aromatic rings. The number of likely N-dealkylation sites (N-methyl/N-ethyl adjacent to an activating group) is 1. The summed E-state index contributed by atoms with van der Waals surface area (Å²) in [6.07, 6.45) is 4.61. The summed E-state index contributed by atoms with van der Waals surface area (Å²) in [5.74, 6) is 2.25. The molecule has 5 atom stereocenters. The second-order valence-corrected chi connectivity index (χ2v) is 14.3. The monoisotopic (exact) mass is 679 g/mol. The minimum absolute atomic E-state index is 0.0439. The molecule has 1 saturated heterocycles. The Hall–Kier alpha value is -4.52. The summed E-state index contributed by atoms with van der Waals surface area (Å²) in [6.45, 7) is 11.5. The fraction of sp³-hybridized carbons (Fsp3) is 0.463. The van der Waals surface area contributed by atoms with Crippen molar-refractivity contribution in [3.63, 3.8) is 0 Å². The third-order valence-electron chi connectivity index (χ3n) is 10.4. The third-order valence-corrected chi connectivity index (χ3v) is 10.4. The van der Waals surface area contributed by atoms with Crippen LogP contribution in [-0.4, -0.2) is 75.0 Å². The molecule has 264 valence electrons. The fourth-order valence-corrected chi connectivity index (χ4v) is 8.03. The normalized spacial score (nSPS) is 22.9. The van der Waals surface area contributed by atoms with Crippen LogP contribution in [0.25, 0.3) is 6.08 Å². The SMILES string of the molecule is CCOc1cc2c(cc1OCC)[C@H](COC(=O)/C=C/c1ccc(C(C)(C)C)cc1)N1[C@@H](C#N)[C@@H]3Cc4cc(OC)c(OC)cc4[C@H]([C@@H]1C2)N3C. The number of esters is 1. The second kappa shape index (κ2) is 14.4. The van der Waals surface area contributed by atoms with Gasteiger partial charge in [-0.25, -0.2) is 4.79 Å². The molecule has 0 N–H and O–H groups in total. The number of carbonyl (C=O) groups excluding carboxylic acids is 1. The highest BCUT2D eigenvalue weighted by atomic mass is 16.5. The van der Waals surface area contributed by atoms with E-state index in [0.29, 0.717) is 49.1 Å². The molecule has 0 aromatic heterocycles. The maximum Gasteiger partial charge on any atom is 0.330 e. The van der Waals surface area contributed by atoms with Gasteiger partial charge in [0.25, 0.3) is 0 Å². The predicted octanol–water partition coefficient (Wildman–Crippen LogP) is 6.83. The lowest BCUT2D eigenvalue weighted by molar-refractivity contribution is -0.143. The first-order valence-corrected chi connectivity index (χ1v) is 17.5. The summed E-state index contributed by atoms with van der Waals surface area (Å²) in [5.41, 5.74) is 6.58.